The van der Waals surface area contributed by atoms with Crippen LogP contribution >= 0.6 is 23.1 Å². The summed E-state index contributed by atoms with van der Waals surface area (Å²) in [6, 6.07) is 0.528. The highest BCUT2D eigenvalue weighted by atomic mass is 32.2. The van der Waals surface area contributed by atoms with Crippen molar-refractivity contribution in [2.75, 3.05) is 24.7 Å². The van der Waals surface area contributed by atoms with Gasteiger partial charge in [-0.15, -0.1) is 11.3 Å². The number of nitrogens with one attached hydrogen (secondary N) is 1. The second kappa shape index (κ2) is 8.25. The minimum Gasteiger partial charge on any atom is -0.396 e. The fourth-order valence-corrected chi connectivity index (χ4v) is 4.35. The number of rotatable bonds is 8. The van der Waals surface area contributed by atoms with Gasteiger partial charge in [-0.2, -0.15) is 11.8 Å². The third-order valence-electron chi connectivity index (χ3n) is 3.38. The molecule has 108 valence electrons. The smallest absolute Gasteiger partial charge is 0.0928 e. The fraction of sp³-hybridized carbons (Fsp3) is 0.786. The van der Waals surface area contributed by atoms with Crippen LogP contribution in [0.4, 0.5) is 0 Å². The van der Waals surface area contributed by atoms with E-state index in [1.165, 1.54) is 28.4 Å². The van der Waals surface area contributed by atoms with Gasteiger partial charge in [0.05, 0.1) is 10.7 Å². The number of hydrogen-bond donors (Lipinski definition) is 2. The zero-order chi connectivity index (χ0) is 13.5. The molecule has 0 spiro atoms. The molecule has 0 saturated carbocycles. The Labute approximate surface area is 124 Å². The van der Waals surface area contributed by atoms with Gasteiger partial charge in [-0.25, -0.2) is 4.98 Å². The van der Waals surface area contributed by atoms with Gasteiger partial charge in [0.1, 0.15) is 0 Å². The van der Waals surface area contributed by atoms with Crippen LogP contribution in [0.25, 0.3) is 0 Å². The number of aryl methyl sites for hydroxylation is 2. The molecule has 0 saturated heterocycles. The third kappa shape index (κ3) is 4.45. The maximum atomic E-state index is 8.73. The zero-order valence-electron chi connectivity index (χ0n) is 11.7. The molecule has 5 heteroatoms. The third-order valence-corrected chi connectivity index (χ3v) is 5.81. The molecule has 0 aromatic carbocycles. The van der Waals surface area contributed by atoms with Crippen molar-refractivity contribution < 1.29 is 5.11 Å². The van der Waals surface area contributed by atoms with Crippen LogP contribution in [0.15, 0.2) is 0 Å². The van der Waals surface area contributed by atoms with Gasteiger partial charge in [0.2, 0.25) is 0 Å². The lowest BCUT2D eigenvalue weighted by Gasteiger charge is -2.22. The highest BCUT2D eigenvalue weighted by molar-refractivity contribution is 7.99. The summed E-state index contributed by atoms with van der Waals surface area (Å²) < 4.78 is 0. The number of aliphatic hydroxyl groups is 1. The Morgan fingerprint density at radius 3 is 3.16 bits per heavy atom. The standard InChI is InChI=1S/C14H24N2OS2/c1-2-13-16-12-6-3-5-11(14(12)19-13)15-7-10-18-9-4-8-17/h11,15,17H,2-10H2,1H3. The SMILES string of the molecule is CCc1nc2c(s1)C(NCCSCCCO)CCC2. The molecule has 2 N–H and O–H groups in total. The number of thiazole rings is 1. The summed E-state index contributed by atoms with van der Waals surface area (Å²) in [4.78, 5) is 6.22. The number of hydrogen-bond acceptors (Lipinski definition) is 5. The quantitative estimate of drug-likeness (QED) is 0.725. The molecule has 1 aromatic rings. The summed E-state index contributed by atoms with van der Waals surface area (Å²) >= 11 is 3.82. The van der Waals surface area contributed by atoms with E-state index in [-0.39, 0.29) is 0 Å². The van der Waals surface area contributed by atoms with E-state index in [1.54, 1.807) is 0 Å². The van der Waals surface area contributed by atoms with Crippen molar-refractivity contribution in [1.82, 2.24) is 10.3 Å². The molecular weight excluding hydrogens is 276 g/mol. The first kappa shape index (κ1) is 15.3. The van der Waals surface area contributed by atoms with E-state index in [0.717, 1.165) is 37.3 Å². The van der Waals surface area contributed by atoms with Gasteiger partial charge >= 0.3 is 0 Å². The lowest BCUT2D eigenvalue weighted by molar-refractivity contribution is 0.296. The topological polar surface area (TPSA) is 45.2 Å². The minimum atomic E-state index is 0.313. The molecule has 1 atom stereocenters. The number of aromatic nitrogens is 1. The Bertz CT molecular complexity index is 382. The number of aliphatic hydroxyl groups excluding tert-OH is 1. The van der Waals surface area contributed by atoms with Crippen molar-refractivity contribution in [3.05, 3.63) is 15.6 Å². The van der Waals surface area contributed by atoms with Crippen LogP contribution < -0.4 is 5.32 Å². The number of thioether (sulfide) groups is 1. The Morgan fingerprint density at radius 1 is 1.47 bits per heavy atom. The van der Waals surface area contributed by atoms with Crippen LogP contribution in [0, 0.1) is 0 Å². The molecule has 0 aliphatic heterocycles. The van der Waals surface area contributed by atoms with Crippen molar-refractivity contribution >= 4 is 23.1 Å². The van der Waals surface area contributed by atoms with Crippen LogP contribution in [0.2, 0.25) is 0 Å². The van der Waals surface area contributed by atoms with Gasteiger partial charge in [-0.05, 0) is 37.9 Å². The normalized spacial score (nSPS) is 18.5. The van der Waals surface area contributed by atoms with Crippen LogP contribution in [-0.2, 0) is 12.8 Å². The number of nitrogens with zero attached hydrogens (tertiary/aromatic N) is 1. The maximum Gasteiger partial charge on any atom is 0.0928 e. The summed E-state index contributed by atoms with van der Waals surface area (Å²) in [7, 11) is 0. The van der Waals surface area contributed by atoms with Crippen LogP contribution in [0.5, 0.6) is 0 Å². The van der Waals surface area contributed by atoms with E-state index in [4.69, 9.17) is 10.1 Å². The van der Waals surface area contributed by atoms with Gasteiger partial charge in [0.25, 0.3) is 0 Å². The van der Waals surface area contributed by atoms with E-state index in [0.29, 0.717) is 12.6 Å². The summed E-state index contributed by atoms with van der Waals surface area (Å²) in [6.07, 6.45) is 5.64. The summed E-state index contributed by atoms with van der Waals surface area (Å²) in [5.74, 6) is 2.19. The maximum absolute atomic E-state index is 8.73. The van der Waals surface area contributed by atoms with Crippen LogP contribution in [-0.4, -0.2) is 34.7 Å². The highest BCUT2D eigenvalue weighted by Gasteiger charge is 2.23. The number of fused-ring (bicyclic) bond motifs is 1. The van der Waals surface area contributed by atoms with Crippen LogP contribution in [0.3, 0.4) is 0 Å². The van der Waals surface area contributed by atoms with Crippen molar-refractivity contribution in [2.24, 2.45) is 0 Å². The van der Waals surface area contributed by atoms with E-state index in [1.807, 2.05) is 23.1 Å². The summed E-state index contributed by atoms with van der Waals surface area (Å²) in [6.45, 7) is 3.55. The Balaban J connectivity index is 1.77. The Morgan fingerprint density at radius 2 is 2.37 bits per heavy atom. The average molecular weight is 300 g/mol. The fourth-order valence-electron chi connectivity index (χ4n) is 2.39. The van der Waals surface area contributed by atoms with Crippen LogP contribution in [0.1, 0.15) is 47.8 Å². The largest absolute Gasteiger partial charge is 0.396 e. The molecule has 0 radical (unpaired) electrons. The molecule has 1 aliphatic carbocycles. The molecule has 1 heterocycles. The van der Waals surface area contributed by atoms with Gasteiger partial charge in [0, 0.05) is 29.8 Å². The van der Waals surface area contributed by atoms with Crippen molar-refractivity contribution in [1.29, 1.82) is 0 Å². The monoisotopic (exact) mass is 300 g/mol. The molecule has 1 aromatic heterocycles. The van der Waals surface area contributed by atoms with E-state index >= 15 is 0 Å². The van der Waals surface area contributed by atoms with Gasteiger partial charge < -0.3 is 10.4 Å². The second-order valence-corrected chi connectivity index (χ2v) is 7.20. The minimum absolute atomic E-state index is 0.313. The van der Waals surface area contributed by atoms with E-state index in [2.05, 4.69) is 12.2 Å². The first-order valence-corrected chi connectivity index (χ1v) is 9.22. The lowest BCUT2D eigenvalue weighted by Crippen LogP contribution is -2.26. The first-order chi connectivity index (χ1) is 9.35. The highest BCUT2D eigenvalue weighted by Crippen LogP contribution is 2.34. The predicted molar refractivity (Wildman–Crippen MR) is 84.2 cm³/mol. The zero-order valence-corrected chi connectivity index (χ0v) is 13.3. The predicted octanol–water partition coefficient (Wildman–Crippen LogP) is 2.79. The van der Waals surface area contributed by atoms with E-state index in [9.17, 15) is 0 Å². The molecule has 19 heavy (non-hydrogen) atoms. The Kier molecular flexibility index (Phi) is 6.64. The summed E-state index contributed by atoms with van der Waals surface area (Å²) in [5.41, 5.74) is 1.35. The van der Waals surface area contributed by atoms with Gasteiger partial charge in [-0.3, -0.25) is 0 Å². The molecule has 0 bridgehead atoms. The molecule has 0 amide bonds. The lowest BCUT2D eigenvalue weighted by atomic mass is 9.98. The molecule has 0 fully saturated rings. The Hall–Kier alpha value is -0.100. The molecule has 3 nitrogen and oxygen atoms in total. The first-order valence-electron chi connectivity index (χ1n) is 7.25. The molecule has 1 unspecified atom stereocenters. The molecular formula is C14H24N2OS2. The molecule has 1 aliphatic rings. The molecule has 2 rings (SSSR count). The van der Waals surface area contributed by atoms with Gasteiger partial charge in [0.15, 0.2) is 0 Å². The van der Waals surface area contributed by atoms with Crippen molar-refractivity contribution in [3.8, 4) is 0 Å². The van der Waals surface area contributed by atoms with Gasteiger partial charge in [-0.1, -0.05) is 6.92 Å². The van der Waals surface area contributed by atoms with Crippen molar-refractivity contribution in [2.45, 2.75) is 45.1 Å². The average Bonchev–Trinajstić information content (AvgIpc) is 2.86. The van der Waals surface area contributed by atoms with Crippen molar-refractivity contribution in [3.63, 3.8) is 0 Å². The van der Waals surface area contributed by atoms with E-state index < -0.39 is 0 Å². The second-order valence-electron chi connectivity index (χ2n) is 4.86. The summed E-state index contributed by atoms with van der Waals surface area (Å²) in [5, 5.41) is 13.7.